The number of carbonyl (C=O) groups is 2. The first-order valence-corrected chi connectivity index (χ1v) is 6.19. The van der Waals surface area contributed by atoms with Crippen molar-refractivity contribution in [2.75, 3.05) is 6.79 Å². The molecule has 1 heterocycles. The Morgan fingerprint density at radius 1 is 1.11 bits per heavy atom. The van der Waals surface area contributed by atoms with E-state index in [1.165, 1.54) is 0 Å². The van der Waals surface area contributed by atoms with Gasteiger partial charge in [-0.1, -0.05) is 0 Å². The fourth-order valence-corrected chi connectivity index (χ4v) is 2.49. The summed E-state index contributed by atoms with van der Waals surface area (Å²) in [5, 5.41) is 0. The highest BCUT2D eigenvalue weighted by molar-refractivity contribution is 5.99. The fourth-order valence-electron chi connectivity index (χ4n) is 2.49. The molecule has 0 unspecified atom stereocenters. The smallest absolute Gasteiger partial charge is 0.231 e. The van der Waals surface area contributed by atoms with Gasteiger partial charge in [0, 0.05) is 24.3 Å². The van der Waals surface area contributed by atoms with E-state index >= 15 is 0 Å². The lowest BCUT2D eigenvalue weighted by molar-refractivity contribution is -0.120. The van der Waals surface area contributed by atoms with Crippen LogP contribution in [-0.2, 0) is 4.79 Å². The predicted octanol–water partition coefficient (Wildman–Crippen LogP) is 2.36. The van der Waals surface area contributed by atoms with Gasteiger partial charge in [-0.05, 0) is 31.0 Å². The van der Waals surface area contributed by atoms with Crippen LogP contribution in [0.25, 0.3) is 0 Å². The summed E-state index contributed by atoms with van der Waals surface area (Å²) in [7, 11) is 0. The number of fused-ring (bicyclic) bond motifs is 1. The molecule has 0 spiro atoms. The first-order valence-electron chi connectivity index (χ1n) is 6.19. The van der Waals surface area contributed by atoms with Crippen LogP contribution in [0.2, 0.25) is 0 Å². The first kappa shape index (κ1) is 11.3. The average Bonchev–Trinajstić information content (AvgIpc) is 2.86. The highest BCUT2D eigenvalue weighted by atomic mass is 16.7. The van der Waals surface area contributed by atoms with Gasteiger partial charge in [-0.3, -0.25) is 9.59 Å². The third kappa shape index (κ3) is 1.98. The molecule has 94 valence electrons. The van der Waals surface area contributed by atoms with Gasteiger partial charge < -0.3 is 9.47 Å². The van der Waals surface area contributed by atoms with Crippen molar-refractivity contribution >= 4 is 11.6 Å². The molecule has 0 bridgehead atoms. The van der Waals surface area contributed by atoms with Gasteiger partial charge in [-0.15, -0.1) is 0 Å². The predicted molar refractivity (Wildman–Crippen MR) is 63.9 cm³/mol. The number of benzene rings is 1. The van der Waals surface area contributed by atoms with E-state index in [2.05, 4.69) is 0 Å². The van der Waals surface area contributed by atoms with Crippen LogP contribution in [0.3, 0.4) is 0 Å². The summed E-state index contributed by atoms with van der Waals surface area (Å²) in [4.78, 5) is 23.5. The molecule has 0 radical (unpaired) electrons. The van der Waals surface area contributed by atoms with Gasteiger partial charge in [0.1, 0.15) is 5.78 Å². The largest absolute Gasteiger partial charge is 0.454 e. The van der Waals surface area contributed by atoms with E-state index in [9.17, 15) is 9.59 Å². The summed E-state index contributed by atoms with van der Waals surface area (Å²) in [5.74, 6) is 1.67. The molecule has 0 saturated heterocycles. The summed E-state index contributed by atoms with van der Waals surface area (Å²) >= 11 is 0. The fraction of sp³-hybridized carbons (Fsp3) is 0.429. The van der Waals surface area contributed by atoms with Crippen molar-refractivity contribution in [3.8, 4) is 11.5 Å². The Balaban J connectivity index is 1.78. The van der Waals surface area contributed by atoms with Gasteiger partial charge >= 0.3 is 0 Å². The van der Waals surface area contributed by atoms with Gasteiger partial charge in [0.25, 0.3) is 0 Å². The molecule has 0 N–H and O–H groups in total. The lowest BCUT2D eigenvalue weighted by Gasteiger charge is -2.19. The number of hydrogen-bond donors (Lipinski definition) is 0. The minimum absolute atomic E-state index is 0.0249. The summed E-state index contributed by atoms with van der Waals surface area (Å²) in [5.41, 5.74) is 0.651. The van der Waals surface area contributed by atoms with Crippen LogP contribution in [0.15, 0.2) is 18.2 Å². The first-order chi connectivity index (χ1) is 8.74. The van der Waals surface area contributed by atoms with Crippen LogP contribution in [0.1, 0.15) is 36.0 Å². The molecule has 4 nitrogen and oxygen atoms in total. The second kappa shape index (κ2) is 4.44. The van der Waals surface area contributed by atoms with E-state index in [1.54, 1.807) is 18.2 Å². The third-order valence-corrected chi connectivity index (χ3v) is 3.57. The molecule has 1 aliphatic heterocycles. The molecule has 3 rings (SSSR count). The van der Waals surface area contributed by atoms with Crippen molar-refractivity contribution in [1.82, 2.24) is 0 Å². The number of rotatable bonds is 2. The van der Waals surface area contributed by atoms with Gasteiger partial charge in [-0.25, -0.2) is 0 Å². The third-order valence-electron chi connectivity index (χ3n) is 3.57. The standard InChI is InChI=1S/C14H14O4/c15-11-4-1-9(2-5-11)14(16)10-3-6-12-13(7-10)18-8-17-12/h3,6-7,9H,1-2,4-5,8H2. The molecule has 2 aliphatic rings. The minimum Gasteiger partial charge on any atom is -0.454 e. The lowest BCUT2D eigenvalue weighted by atomic mass is 9.83. The molecule has 0 amide bonds. The van der Waals surface area contributed by atoms with E-state index < -0.39 is 0 Å². The topological polar surface area (TPSA) is 52.6 Å². The van der Waals surface area contributed by atoms with Crippen LogP contribution in [0.4, 0.5) is 0 Å². The van der Waals surface area contributed by atoms with Gasteiger partial charge in [0.05, 0.1) is 0 Å². The SMILES string of the molecule is O=C1CCC(C(=O)c2ccc3c(c2)OCO3)CC1. The Hall–Kier alpha value is -1.84. The molecule has 0 aromatic heterocycles. The summed E-state index contributed by atoms with van der Waals surface area (Å²) in [6, 6.07) is 5.27. The van der Waals surface area contributed by atoms with Crippen molar-refractivity contribution in [1.29, 1.82) is 0 Å². The highest BCUT2D eigenvalue weighted by Crippen LogP contribution is 2.34. The lowest BCUT2D eigenvalue weighted by Crippen LogP contribution is -2.21. The Bertz CT molecular complexity index is 497. The Kier molecular flexibility index (Phi) is 2.78. The van der Waals surface area contributed by atoms with E-state index in [0.717, 1.165) is 0 Å². The maximum atomic E-state index is 12.3. The van der Waals surface area contributed by atoms with E-state index in [4.69, 9.17) is 9.47 Å². The Morgan fingerprint density at radius 2 is 1.83 bits per heavy atom. The van der Waals surface area contributed by atoms with Crippen molar-refractivity contribution in [3.05, 3.63) is 23.8 Å². The van der Waals surface area contributed by atoms with Gasteiger partial charge in [-0.2, -0.15) is 0 Å². The molecule has 4 heteroatoms. The zero-order valence-electron chi connectivity index (χ0n) is 9.98. The zero-order chi connectivity index (χ0) is 12.5. The second-order valence-corrected chi connectivity index (χ2v) is 4.75. The summed E-state index contributed by atoms with van der Waals surface area (Å²) < 4.78 is 10.5. The van der Waals surface area contributed by atoms with Crippen LogP contribution in [0, 0.1) is 5.92 Å². The van der Waals surface area contributed by atoms with Crippen LogP contribution in [0.5, 0.6) is 11.5 Å². The van der Waals surface area contributed by atoms with Crippen molar-refractivity contribution in [2.45, 2.75) is 25.7 Å². The van der Waals surface area contributed by atoms with E-state index in [0.29, 0.717) is 42.7 Å². The molecular weight excluding hydrogens is 232 g/mol. The maximum Gasteiger partial charge on any atom is 0.231 e. The molecule has 1 aromatic rings. The average molecular weight is 246 g/mol. The van der Waals surface area contributed by atoms with Crippen molar-refractivity contribution in [3.63, 3.8) is 0 Å². The van der Waals surface area contributed by atoms with Gasteiger partial charge in [0.15, 0.2) is 17.3 Å². The Morgan fingerprint density at radius 3 is 2.61 bits per heavy atom. The highest BCUT2D eigenvalue weighted by Gasteiger charge is 2.26. The summed E-state index contributed by atoms with van der Waals surface area (Å²) in [6.45, 7) is 0.213. The molecule has 1 fully saturated rings. The normalized spacial score (nSPS) is 19.0. The molecule has 1 aromatic carbocycles. The van der Waals surface area contributed by atoms with Crippen molar-refractivity contribution < 1.29 is 19.1 Å². The molecule has 1 saturated carbocycles. The monoisotopic (exact) mass is 246 g/mol. The summed E-state index contributed by atoms with van der Waals surface area (Å²) in [6.07, 6.45) is 2.40. The Labute approximate surface area is 105 Å². The van der Waals surface area contributed by atoms with Crippen LogP contribution in [-0.4, -0.2) is 18.4 Å². The van der Waals surface area contributed by atoms with Gasteiger partial charge in [0.2, 0.25) is 6.79 Å². The van der Waals surface area contributed by atoms with E-state index in [-0.39, 0.29) is 24.3 Å². The van der Waals surface area contributed by atoms with E-state index in [1.807, 2.05) is 0 Å². The van der Waals surface area contributed by atoms with Crippen LogP contribution >= 0.6 is 0 Å². The number of hydrogen-bond acceptors (Lipinski definition) is 4. The second-order valence-electron chi connectivity index (χ2n) is 4.75. The number of ketones is 2. The van der Waals surface area contributed by atoms with Crippen LogP contribution < -0.4 is 9.47 Å². The minimum atomic E-state index is -0.0249. The van der Waals surface area contributed by atoms with Crippen molar-refractivity contribution in [2.24, 2.45) is 5.92 Å². The quantitative estimate of drug-likeness (QED) is 0.752. The maximum absolute atomic E-state index is 12.3. The molecule has 1 aliphatic carbocycles. The zero-order valence-corrected chi connectivity index (χ0v) is 9.98. The number of Topliss-reactive ketones (excluding diaryl/α,β-unsaturated/α-hetero) is 2. The molecule has 18 heavy (non-hydrogen) atoms. The number of ether oxygens (including phenoxy) is 2. The number of carbonyl (C=O) groups excluding carboxylic acids is 2. The molecular formula is C14H14O4. The molecule has 0 atom stereocenters.